The monoisotopic (exact) mass is 310 g/mol. The van der Waals surface area contributed by atoms with Crippen LogP contribution in [0.3, 0.4) is 0 Å². The van der Waals surface area contributed by atoms with Gasteiger partial charge < -0.3 is 4.98 Å². The first-order valence-electron chi connectivity index (χ1n) is 7.21. The third-order valence-electron chi connectivity index (χ3n) is 3.53. The summed E-state index contributed by atoms with van der Waals surface area (Å²) in [7, 11) is 0. The van der Waals surface area contributed by atoms with E-state index in [2.05, 4.69) is 55.0 Å². The molecule has 0 spiro atoms. The van der Waals surface area contributed by atoms with Crippen LogP contribution in [0, 0.1) is 0 Å². The number of aromatic nitrogens is 2. The van der Waals surface area contributed by atoms with Crippen molar-refractivity contribution in [1.29, 1.82) is 0 Å². The van der Waals surface area contributed by atoms with Gasteiger partial charge in [-0.3, -0.25) is 4.79 Å². The molecular weight excluding hydrogens is 292 g/mol. The number of nitrogens with one attached hydrogen (secondary N) is 1. The fourth-order valence-electron chi connectivity index (χ4n) is 2.25. The van der Waals surface area contributed by atoms with Gasteiger partial charge in [0.25, 0.3) is 5.56 Å². The molecule has 4 heteroatoms. The second-order valence-corrected chi connectivity index (χ2v) is 7.33. The van der Waals surface area contributed by atoms with E-state index < -0.39 is 0 Å². The smallest absolute Gasteiger partial charge is 0.259 e. The Bertz CT molecular complexity index is 861. The molecule has 0 aliphatic carbocycles. The maximum atomic E-state index is 12.1. The number of rotatable bonds is 2. The Kier molecular flexibility index (Phi) is 3.79. The summed E-state index contributed by atoms with van der Waals surface area (Å²) in [5, 5.41) is 1.24. The Morgan fingerprint density at radius 1 is 1.00 bits per heavy atom. The van der Waals surface area contributed by atoms with E-state index in [4.69, 9.17) is 0 Å². The molecule has 0 atom stereocenters. The van der Waals surface area contributed by atoms with Gasteiger partial charge >= 0.3 is 0 Å². The third kappa shape index (κ3) is 3.07. The van der Waals surface area contributed by atoms with Crippen molar-refractivity contribution in [3.8, 4) is 0 Å². The summed E-state index contributed by atoms with van der Waals surface area (Å²) in [6.45, 7) is 6.58. The lowest BCUT2D eigenvalue weighted by molar-refractivity contribution is 0.590. The summed E-state index contributed by atoms with van der Waals surface area (Å²) >= 11 is 1.47. The van der Waals surface area contributed by atoms with Gasteiger partial charge in [-0.1, -0.05) is 56.8 Å². The predicted molar refractivity (Wildman–Crippen MR) is 91.6 cm³/mol. The number of fused-ring (bicyclic) bond motifs is 1. The molecule has 0 amide bonds. The summed E-state index contributed by atoms with van der Waals surface area (Å²) in [5.41, 5.74) is 2.05. The fraction of sp³-hybridized carbons (Fsp3) is 0.222. The minimum absolute atomic E-state index is 0.0978. The van der Waals surface area contributed by atoms with Crippen LogP contribution >= 0.6 is 11.8 Å². The van der Waals surface area contributed by atoms with Crippen molar-refractivity contribution in [3.63, 3.8) is 0 Å². The maximum Gasteiger partial charge on any atom is 0.259 e. The van der Waals surface area contributed by atoms with E-state index in [1.54, 1.807) is 6.07 Å². The van der Waals surface area contributed by atoms with Crippen LogP contribution in [-0.4, -0.2) is 9.97 Å². The van der Waals surface area contributed by atoms with Crippen molar-refractivity contribution >= 4 is 22.7 Å². The Hall–Kier alpha value is -2.07. The van der Waals surface area contributed by atoms with Crippen molar-refractivity contribution in [2.24, 2.45) is 0 Å². The van der Waals surface area contributed by atoms with Crippen LogP contribution in [0.25, 0.3) is 10.9 Å². The molecule has 3 aromatic rings. The fourth-order valence-corrected chi connectivity index (χ4v) is 3.03. The van der Waals surface area contributed by atoms with Crippen LogP contribution in [0.4, 0.5) is 0 Å². The standard InChI is InChI=1S/C18H18N2OS/c1-18(2,3)12-8-10-13(11-9-12)22-17-19-15-7-5-4-6-14(15)16(21)20-17/h4-11H,1-3H3,(H,19,20,21). The van der Waals surface area contributed by atoms with Gasteiger partial charge in [-0.05, 0) is 35.2 Å². The van der Waals surface area contributed by atoms with E-state index >= 15 is 0 Å². The Morgan fingerprint density at radius 3 is 2.36 bits per heavy atom. The zero-order chi connectivity index (χ0) is 15.7. The lowest BCUT2D eigenvalue weighted by Gasteiger charge is -2.18. The number of hydrogen-bond acceptors (Lipinski definition) is 3. The normalized spacial score (nSPS) is 11.8. The molecule has 0 radical (unpaired) electrons. The average molecular weight is 310 g/mol. The van der Waals surface area contributed by atoms with E-state index in [0.29, 0.717) is 10.5 Å². The summed E-state index contributed by atoms with van der Waals surface area (Å²) in [4.78, 5) is 20.5. The third-order valence-corrected chi connectivity index (χ3v) is 4.42. The molecular formula is C18H18N2OS. The Balaban J connectivity index is 1.92. The lowest BCUT2D eigenvalue weighted by Crippen LogP contribution is -2.10. The molecule has 0 unspecified atom stereocenters. The Morgan fingerprint density at radius 2 is 1.68 bits per heavy atom. The minimum Gasteiger partial charge on any atom is -0.301 e. The number of hydrogen-bond donors (Lipinski definition) is 1. The van der Waals surface area contributed by atoms with Crippen LogP contribution in [0.2, 0.25) is 0 Å². The first-order valence-corrected chi connectivity index (χ1v) is 8.02. The van der Waals surface area contributed by atoms with Gasteiger partial charge in [0.1, 0.15) is 0 Å². The van der Waals surface area contributed by atoms with Crippen molar-refractivity contribution in [3.05, 3.63) is 64.4 Å². The van der Waals surface area contributed by atoms with Gasteiger partial charge in [-0.2, -0.15) is 0 Å². The lowest BCUT2D eigenvalue weighted by atomic mass is 9.87. The highest BCUT2D eigenvalue weighted by Gasteiger charge is 2.13. The molecule has 1 N–H and O–H groups in total. The highest BCUT2D eigenvalue weighted by atomic mass is 32.2. The highest BCUT2D eigenvalue weighted by Crippen LogP contribution is 2.28. The second-order valence-electron chi connectivity index (χ2n) is 6.26. The summed E-state index contributed by atoms with van der Waals surface area (Å²) in [6.07, 6.45) is 0. The molecule has 0 fully saturated rings. The first-order chi connectivity index (χ1) is 10.4. The van der Waals surface area contributed by atoms with Crippen LogP contribution in [0.15, 0.2) is 63.4 Å². The van der Waals surface area contributed by atoms with Crippen LogP contribution < -0.4 is 5.56 Å². The summed E-state index contributed by atoms with van der Waals surface area (Å²) < 4.78 is 0. The molecule has 1 aromatic heterocycles. The second kappa shape index (κ2) is 5.61. The van der Waals surface area contributed by atoms with E-state index in [0.717, 1.165) is 10.4 Å². The van der Waals surface area contributed by atoms with Crippen molar-refractivity contribution in [1.82, 2.24) is 9.97 Å². The van der Waals surface area contributed by atoms with Gasteiger partial charge in [-0.15, -0.1) is 0 Å². The maximum absolute atomic E-state index is 12.1. The van der Waals surface area contributed by atoms with E-state index in [1.165, 1.54) is 17.3 Å². The van der Waals surface area contributed by atoms with Crippen LogP contribution in [0.1, 0.15) is 26.3 Å². The van der Waals surface area contributed by atoms with E-state index in [-0.39, 0.29) is 11.0 Å². The molecule has 3 nitrogen and oxygen atoms in total. The van der Waals surface area contributed by atoms with Gasteiger partial charge in [0, 0.05) is 4.90 Å². The number of aromatic amines is 1. The van der Waals surface area contributed by atoms with Gasteiger partial charge in [0.05, 0.1) is 10.9 Å². The van der Waals surface area contributed by atoms with Gasteiger partial charge in [0.15, 0.2) is 5.16 Å². The molecule has 112 valence electrons. The largest absolute Gasteiger partial charge is 0.301 e. The zero-order valence-corrected chi connectivity index (χ0v) is 13.7. The van der Waals surface area contributed by atoms with Crippen LogP contribution in [0.5, 0.6) is 0 Å². The molecule has 1 heterocycles. The summed E-state index contributed by atoms with van der Waals surface area (Å²) in [5.74, 6) is 0. The molecule has 0 bridgehead atoms. The van der Waals surface area contributed by atoms with E-state index in [1.807, 2.05) is 18.2 Å². The Labute approximate surface area is 133 Å². The molecule has 0 saturated heterocycles. The number of H-pyrrole nitrogens is 1. The molecule has 0 saturated carbocycles. The quantitative estimate of drug-likeness (QED) is 0.715. The van der Waals surface area contributed by atoms with Crippen molar-refractivity contribution in [2.75, 3.05) is 0 Å². The van der Waals surface area contributed by atoms with E-state index in [9.17, 15) is 4.79 Å². The predicted octanol–water partition coefficient (Wildman–Crippen LogP) is 4.37. The number of nitrogens with zero attached hydrogens (tertiary/aromatic N) is 1. The van der Waals surface area contributed by atoms with Crippen molar-refractivity contribution in [2.45, 2.75) is 36.2 Å². The number of para-hydroxylation sites is 1. The molecule has 2 aromatic carbocycles. The first kappa shape index (κ1) is 14.9. The highest BCUT2D eigenvalue weighted by molar-refractivity contribution is 7.99. The summed E-state index contributed by atoms with van der Waals surface area (Å²) in [6, 6.07) is 15.8. The average Bonchev–Trinajstić information content (AvgIpc) is 2.47. The molecule has 0 aliphatic heterocycles. The van der Waals surface area contributed by atoms with Gasteiger partial charge in [0.2, 0.25) is 0 Å². The molecule has 0 aliphatic rings. The SMILES string of the molecule is CC(C)(C)c1ccc(Sc2nc3ccccc3c(=O)[nH]2)cc1. The zero-order valence-electron chi connectivity index (χ0n) is 12.9. The number of benzene rings is 2. The topological polar surface area (TPSA) is 45.8 Å². The molecule has 22 heavy (non-hydrogen) atoms. The van der Waals surface area contributed by atoms with Gasteiger partial charge in [-0.25, -0.2) is 4.98 Å². The van der Waals surface area contributed by atoms with Crippen molar-refractivity contribution < 1.29 is 0 Å². The van der Waals surface area contributed by atoms with Crippen LogP contribution in [-0.2, 0) is 5.41 Å². The molecule has 3 rings (SSSR count). The minimum atomic E-state index is -0.0978.